The van der Waals surface area contributed by atoms with E-state index in [1.54, 1.807) is 18.5 Å². The van der Waals surface area contributed by atoms with Gasteiger partial charge in [0.2, 0.25) is 11.9 Å². The summed E-state index contributed by atoms with van der Waals surface area (Å²) in [7, 11) is 0. The summed E-state index contributed by atoms with van der Waals surface area (Å²) in [4.78, 5) is 19.8. The van der Waals surface area contributed by atoms with Gasteiger partial charge in [0.15, 0.2) is 0 Å². The van der Waals surface area contributed by atoms with Gasteiger partial charge in [-0.3, -0.25) is 10.1 Å². The molecule has 0 saturated heterocycles. The first-order valence-electron chi connectivity index (χ1n) is 5.97. The van der Waals surface area contributed by atoms with Gasteiger partial charge in [-0.2, -0.15) is 0 Å². The molecule has 1 unspecified atom stereocenters. The van der Waals surface area contributed by atoms with Crippen LogP contribution in [-0.4, -0.2) is 15.9 Å². The number of aromatic nitrogens is 2. The fourth-order valence-corrected chi connectivity index (χ4v) is 1.95. The zero-order chi connectivity index (χ0) is 13.7. The van der Waals surface area contributed by atoms with E-state index in [4.69, 9.17) is 11.6 Å². The highest BCUT2D eigenvalue weighted by molar-refractivity contribution is 6.30. The van der Waals surface area contributed by atoms with E-state index >= 15 is 0 Å². The van der Waals surface area contributed by atoms with Gasteiger partial charge in [0, 0.05) is 23.8 Å². The fourth-order valence-electron chi connectivity index (χ4n) is 1.75. The first-order valence-corrected chi connectivity index (χ1v) is 6.35. The second-order valence-electron chi connectivity index (χ2n) is 4.28. The topological polar surface area (TPSA) is 54.9 Å². The quantitative estimate of drug-likeness (QED) is 0.932. The normalized spacial score (nSPS) is 11.9. The maximum atomic E-state index is 11.9. The zero-order valence-corrected chi connectivity index (χ0v) is 11.3. The Morgan fingerprint density at radius 2 is 2.05 bits per heavy atom. The number of nitrogens with zero attached hydrogens (tertiary/aromatic N) is 2. The van der Waals surface area contributed by atoms with E-state index in [0.29, 0.717) is 17.4 Å². The number of halogens is 1. The zero-order valence-electron chi connectivity index (χ0n) is 10.5. The Morgan fingerprint density at radius 3 is 2.74 bits per heavy atom. The Hall–Kier alpha value is -1.94. The molecule has 1 N–H and O–H groups in total. The second kappa shape index (κ2) is 6.29. The molecule has 0 fully saturated rings. The van der Waals surface area contributed by atoms with Crippen molar-refractivity contribution >= 4 is 23.5 Å². The molecule has 0 spiro atoms. The first kappa shape index (κ1) is 13.5. The van der Waals surface area contributed by atoms with Crippen LogP contribution >= 0.6 is 11.6 Å². The summed E-state index contributed by atoms with van der Waals surface area (Å²) >= 11 is 5.93. The summed E-state index contributed by atoms with van der Waals surface area (Å²) in [6.07, 6.45) is 3.53. The monoisotopic (exact) mass is 275 g/mol. The number of carbonyl (C=O) groups excluding carboxylic acids is 1. The molecule has 0 radical (unpaired) electrons. The molecule has 0 saturated carbocycles. The molecule has 0 bridgehead atoms. The van der Waals surface area contributed by atoms with Gasteiger partial charge in [0.1, 0.15) is 0 Å². The number of hydrogen-bond acceptors (Lipinski definition) is 3. The van der Waals surface area contributed by atoms with Crippen LogP contribution in [0.4, 0.5) is 5.95 Å². The van der Waals surface area contributed by atoms with Crippen molar-refractivity contribution in [1.29, 1.82) is 0 Å². The van der Waals surface area contributed by atoms with Gasteiger partial charge in [-0.1, -0.05) is 30.7 Å². The highest BCUT2D eigenvalue weighted by Crippen LogP contribution is 2.22. The van der Waals surface area contributed by atoms with Crippen molar-refractivity contribution in [2.24, 2.45) is 0 Å². The summed E-state index contributed by atoms with van der Waals surface area (Å²) < 4.78 is 0. The molecule has 1 amide bonds. The molecular weight excluding hydrogens is 262 g/mol. The van der Waals surface area contributed by atoms with Crippen LogP contribution in [0.1, 0.15) is 24.8 Å². The molecule has 1 atom stereocenters. The lowest BCUT2D eigenvalue weighted by Gasteiger charge is -2.11. The van der Waals surface area contributed by atoms with E-state index in [1.165, 1.54) is 0 Å². The first-order chi connectivity index (χ1) is 9.15. The third kappa shape index (κ3) is 4.03. The van der Waals surface area contributed by atoms with E-state index in [0.717, 1.165) is 5.56 Å². The van der Waals surface area contributed by atoms with Crippen LogP contribution < -0.4 is 5.32 Å². The predicted octanol–water partition coefficient (Wildman–Crippen LogP) is 3.26. The average Bonchev–Trinajstić information content (AvgIpc) is 2.39. The maximum Gasteiger partial charge on any atom is 0.229 e. The molecule has 2 rings (SSSR count). The maximum absolute atomic E-state index is 11.9. The van der Waals surface area contributed by atoms with Gasteiger partial charge in [-0.05, 0) is 29.7 Å². The Morgan fingerprint density at radius 1 is 1.32 bits per heavy atom. The molecule has 0 aliphatic heterocycles. The molecule has 1 aromatic heterocycles. The van der Waals surface area contributed by atoms with Crippen LogP contribution in [0.3, 0.4) is 0 Å². The van der Waals surface area contributed by atoms with Gasteiger partial charge < -0.3 is 0 Å². The second-order valence-corrected chi connectivity index (χ2v) is 4.72. The van der Waals surface area contributed by atoms with Crippen molar-refractivity contribution in [2.75, 3.05) is 5.32 Å². The molecule has 4 nitrogen and oxygen atoms in total. The lowest BCUT2D eigenvalue weighted by atomic mass is 9.97. The van der Waals surface area contributed by atoms with E-state index in [2.05, 4.69) is 15.3 Å². The number of carbonyl (C=O) groups is 1. The molecule has 19 heavy (non-hydrogen) atoms. The Kier molecular flexibility index (Phi) is 4.47. The minimum absolute atomic E-state index is 0.0856. The van der Waals surface area contributed by atoms with Crippen LogP contribution in [0.5, 0.6) is 0 Å². The van der Waals surface area contributed by atoms with Crippen molar-refractivity contribution in [3.05, 3.63) is 53.3 Å². The van der Waals surface area contributed by atoms with Gasteiger partial charge in [-0.25, -0.2) is 9.97 Å². The fraction of sp³-hybridized carbons (Fsp3) is 0.214. The van der Waals surface area contributed by atoms with Crippen LogP contribution in [0.25, 0.3) is 0 Å². The molecule has 5 heteroatoms. The van der Waals surface area contributed by atoms with Crippen molar-refractivity contribution in [3.8, 4) is 0 Å². The van der Waals surface area contributed by atoms with E-state index in [-0.39, 0.29) is 11.8 Å². The lowest BCUT2D eigenvalue weighted by molar-refractivity contribution is -0.116. The number of anilines is 1. The van der Waals surface area contributed by atoms with E-state index in [1.807, 2.05) is 31.2 Å². The standard InChI is InChI=1S/C14H14ClN3O/c1-10(11-4-2-5-12(15)9-11)8-13(19)18-14-16-6-3-7-17-14/h2-7,9-10H,8H2,1H3,(H,16,17,18,19). The predicted molar refractivity (Wildman–Crippen MR) is 75.1 cm³/mol. The summed E-state index contributed by atoms with van der Waals surface area (Å²) in [6, 6.07) is 9.23. The van der Waals surface area contributed by atoms with Crippen molar-refractivity contribution in [3.63, 3.8) is 0 Å². The van der Waals surface area contributed by atoms with Crippen LogP contribution in [0.2, 0.25) is 5.02 Å². The van der Waals surface area contributed by atoms with Crippen molar-refractivity contribution in [2.45, 2.75) is 19.3 Å². The highest BCUT2D eigenvalue weighted by atomic mass is 35.5. The Balaban J connectivity index is 1.95. The summed E-state index contributed by atoms with van der Waals surface area (Å²) in [5.41, 5.74) is 1.04. The molecule has 2 aromatic rings. The van der Waals surface area contributed by atoms with Crippen LogP contribution in [0.15, 0.2) is 42.7 Å². The Labute approximate surface area is 116 Å². The van der Waals surface area contributed by atoms with Gasteiger partial charge in [-0.15, -0.1) is 0 Å². The third-order valence-corrected chi connectivity index (χ3v) is 2.96. The highest BCUT2D eigenvalue weighted by Gasteiger charge is 2.12. The lowest BCUT2D eigenvalue weighted by Crippen LogP contribution is -2.16. The minimum Gasteiger partial charge on any atom is -0.295 e. The molecule has 0 aliphatic carbocycles. The molecular formula is C14H14ClN3O. The van der Waals surface area contributed by atoms with Crippen LogP contribution in [0, 0.1) is 0 Å². The van der Waals surface area contributed by atoms with E-state index in [9.17, 15) is 4.79 Å². The SMILES string of the molecule is CC(CC(=O)Nc1ncccn1)c1cccc(Cl)c1. The van der Waals surface area contributed by atoms with E-state index < -0.39 is 0 Å². The average molecular weight is 276 g/mol. The van der Waals surface area contributed by atoms with Gasteiger partial charge in [0.25, 0.3) is 0 Å². The summed E-state index contributed by atoms with van der Waals surface area (Å²) in [5, 5.41) is 3.34. The molecule has 1 aromatic carbocycles. The third-order valence-electron chi connectivity index (χ3n) is 2.73. The molecule has 98 valence electrons. The molecule has 0 aliphatic rings. The summed E-state index contributed by atoms with van der Waals surface area (Å²) in [5.74, 6) is 0.298. The number of amides is 1. The largest absolute Gasteiger partial charge is 0.295 e. The number of benzene rings is 1. The van der Waals surface area contributed by atoms with Gasteiger partial charge in [0.05, 0.1) is 0 Å². The Bertz CT molecular complexity index is 560. The van der Waals surface area contributed by atoms with Crippen molar-refractivity contribution < 1.29 is 4.79 Å². The number of nitrogens with one attached hydrogen (secondary N) is 1. The molecule has 1 heterocycles. The number of hydrogen-bond donors (Lipinski definition) is 1. The summed E-state index contributed by atoms with van der Waals surface area (Å²) in [6.45, 7) is 1.98. The minimum atomic E-state index is -0.112. The number of rotatable bonds is 4. The van der Waals surface area contributed by atoms with Gasteiger partial charge >= 0.3 is 0 Å². The van der Waals surface area contributed by atoms with Crippen molar-refractivity contribution in [1.82, 2.24) is 9.97 Å². The van der Waals surface area contributed by atoms with Crippen LogP contribution in [-0.2, 0) is 4.79 Å². The smallest absolute Gasteiger partial charge is 0.229 e.